The molecule has 6 heteroatoms. The maximum absolute atomic E-state index is 12.5. The average Bonchev–Trinajstić information content (AvgIpc) is 2.58. The summed E-state index contributed by atoms with van der Waals surface area (Å²) in [6.45, 7) is 8.50. The Morgan fingerprint density at radius 2 is 1.62 bits per heavy atom. The van der Waals surface area contributed by atoms with E-state index in [-0.39, 0.29) is 4.90 Å². The molecule has 140 valence electrons. The highest BCUT2D eigenvalue weighted by Gasteiger charge is 2.22. The summed E-state index contributed by atoms with van der Waals surface area (Å²) in [6, 6.07) is 17.1. The van der Waals surface area contributed by atoms with Crippen LogP contribution in [0.4, 0.5) is 0 Å². The van der Waals surface area contributed by atoms with Gasteiger partial charge in [-0.3, -0.25) is 0 Å². The van der Waals surface area contributed by atoms with Crippen molar-refractivity contribution in [2.24, 2.45) is 5.10 Å². The average molecular weight is 389 g/mol. The van der Waals surface area contributed by atoms with Crippen molar-refractivity contribution in [3.8, 4) is 0 Å². The molecule has 0 atom stereocenters. The molecule has 0 heterocycles. The number of nitrogens with one attached hydrogen (secondary N) is 1. The molecule has 0 aliphatic rings. The van der Waals surface area contributed by atoms with E-state index in [1.165, 1.54) is 5.56 Å². The fourth-order valence-corrected chi connectivity index (χ4v) is 4.82. The Morgan fingerprint density at radius 1 is 1.00 bits per heavy atom. The van der Waals surface area contributed by atoms with Crippen LogP contribution < -0.4 is 4.83 Å². The Labute approximate surface area is 158 Å². The molecule has 1 N–H and O–H groups in total. The van der Waals surface area contributed by atoms with Gasteiger partial charge in [-0.2, -0.15) is 13.5 Å². The minimum absolute atomic E-state index is 0.242. The summed E-state index contributed by atoms with van der Waals surface area (Å²) in [5.74, 6) is 0. The van der Waals surface area contributed by atoms with Gasteiger partial charge in [0.15, 0.2) is 0 Å². The minimum Gasteiger partial charge on any atom is -0.201 e. The third-order valence-electron chi connectivity index (χ3n) is 4.22. The zero-order valence-electron chi connectivity index (χ0n) is 16.0. The number of hydrogen-bond donors (Lipinski definition) is 1. The third kappa shape index (κ3) is 6.11. The highest BCUT2D eigenvalue weighted by atomic mass is 32.2. The summed E-state index contributed by atoms with van der Waals surface area (Å²) >= 11 is 0. The molecule has 0 saturated heterocycles. The fraction of sp³-hybridized carbons (Fsp3) is 0.350. The Balaban J connectivity index is 2.07. The Kier molecular flexibility index (Phi) is 6.78. The Hall–Kier alpha value is -1.92. The largest absolute Gasteiger partial charge is 0.276 e. The molecule has 2 aromatic carbocycles. The number of hydrogen-bond acceptors (Lipinski definition) is 3. The predicted octanol–water partition coefficient (Wildman–Crippen LogP) is 4.53. The zero-order valence-corrected chi connectivity index (χ0v) is 17.8. The first kappa shape index (κ1) is 20.4. The molecule has 26 heavy (non-hydrogen) atoms. The first-order valence-corrected chi connectivity index (χ1v) is 13.9. The van der Waals surface area contributed by atoms with E-state index >= 15 is 0 Å². The summed E-state index contributed by atoms with van der Waals surface area (Å²) in [5, 5.41) is 5.33. The van der Waals surface area contributed by atoms with E-state index in [0.29, 0.717) is 0 Å². The van der Waals surface area contributed by atoms with Crippen molar-refractivity contribution in [2.45, 2.75) is 50.7 Å². The van der Waals surface area contributed by atoms with Crippen LogP contribution in [0.5, 0.6) is 0 Å². The van der Waals surface area contributed by atoms with Crippen molar-refractivity contribution in [3.05, 3.63) is 65.7 Å². The summed E-state index contributed by atoms with van der Waals surface area (Å²) < 4.78 is 24.9. The fourth-order valence-electron chi connectivity index (χ4n) is 2.59. The molecule has 0 amide bonds. The molecular formula is C20H28N2O2SSi. The van der Waals surface area contributed by atoms with Crippen molar-refractivity contribution in [1.29, 1.82) is 0 Å². The molecule has 0 unspecified atom stereocenters. The van der Waals surface area contributed by atoms with Crippen LogP contribution in [0.25, 0.3) is 0 Å². The number of rotatable bonds is 8. The van der Waals surface area contributed by atoms with Crippen molar-refractivity contribution in [3.63, 3.8) is 0 Å². The van der Waals surface area contributed by atoms with Crippen LogP contribution in [-0.4, -0.2) is 21.8 Å². The van der Waals surface area contributed by atoms with Crippen LogP contribution in [0.15, 0.2) is 64.6 Å². The third-order valence-corrected chi connectivity index (χ3v) is 7.54. The lowest BCUT2D eigenvalue weighted by Crippen LogP contribution is -2.36. The molecule has 0 spiro atoms. The number of benzene rings is 2. The zero-order chi connectivity index (χ0) is 19.2. The van der Waals surface area contributed by atoms with E-state index in [1.54, 1.807) is 24.3 Å². The van der Waals surface area contributed by atoms with Gasteiger partial charge in [-0.15, -0.1) is 0 Å². The smallest absolute Gasteiger partial charge is 0.201 e. The van der Waals surface area contributed by atoms with Gasteiger partial charge in [0.2, 0.25) is 0 Å². The topological polar surface area (TPSA) is 58.5 Å². The Bertz CT molecular complexity index is 840. The number of nitrogens with zero attached hydrogens (tertiary/aromatic N) is 1. The normalized spacial score (nSPS) is 12.8. The second-order valence-electron chi connectivity index (χ2n) is 7.56. The maximum atomic E-state index is 12.5. The van der Waals surface area contributed by atoms with Crippen LogP contribution in [0, 0.1) is 6.92 Å². The van der Waals surface area contributed by atoms with E-state index in [0.717, 1.165) is 30.2 Å². The number of aryl methyl sites for hydroxylation is 2. The summed E-state index contributed by atoms with van der Waals surface area (Å²) in [4.78, 5) is 2.69. The first-order valence-electron chi connectivity index (χ1n) is 8.88. The molecule has 0 aromatic heterocycles. The SMILES string of the molecule is Cc1ccc(S(=O)(=O)N/N=C(/CCCc2ccccc2)[Si](C)(C)C)cc1. The summed E-state index contributed by atoms with van der Waals surface area (Å²) in [7, 11) is -5.34. The van der Waals surface area contributed by atoms with Gasteiger partial charge in [0, 0.05) is 5.33 Å². The van der Waals surface area contributed by atoms with E-state index in [1.807, 2.05) is 25.1 Å². The van der Waals surface area contributed by atoms with Gasteiger partial charge in [-0.1, -0.05) is 67.7 Å². The van der Waals surface area contributed by atoms with Gasteiger partial charge >= 0.3 is 0 Å². The van der Waals surface area contributed by atoms with E-state index < -0.39 is 18.1 Å². The molecule has 0 aliphatic carbocycles. The van der Waals surface area contributed by atoms with Crippen molar-refractivity contribution < 1.29 is 8.42 Å². The van der Waals surface area contributed by atoms with Crippen molar-refractivity contribution in [1.82, 2.24) is 4.83 Å². The second-order valence-corrected chi connectivity index (χ2v) is 14.3. The molecule has 0 bridgehead atoms. The van der Waals surface area contributed by atoms with Gasteiger partial charge in [-0.25, -0.2) is 4.83 Å². The van der Waals surface area contributed by atoms with E-state index in [2.05, 4.69) is 41.7 Å². The van der Waals surface area contributed by atoms with Crippen LogP contribution in [0.3, 0.4) is 0 Å². The van der Waals surface area contributed by atoms with Crippen LogP contribution in [0.1, 0.15) is 24.0 Å². The van der Waals surface area contributed by atoms with Gasteiger partial charge in [0.1, 0.15) is 0 Å². The van der Waals surface area contributed by atoms with Crippen molar-refractivity contribution in [2.75, 3.05) is 0 Å². The molecule has 4 nitrogen and oxygen atoms in total. The summed E-state index contributed by atoms with van der Waals surface area (Å²) in [6.07, 6.45) is 2.73. The Morgan fingerprint density at radius 3 is 2.19 bits per heavy atom. The number of sulfonamides is 1. The van der Waals surface area contributed by atoms with E-state index in [4.69, 9.17) is 0 Å². The molecule has 0 fully saturated rings. The standard InChI is InChI=1S/C20H28N2O2SSi/c1-17-13-15-19(16-14-17)25(23,24)22-21-20(26(2,3)4)12-8-11-18-9-6-5-7-10-18/h5-7,9-10,13-16,22H,8,11-12H2,1-4H3/b21-20-. The summed E-state index contributed by atoms with van der Waals surface area (Å²) in [5.41, 5.74) is 2.32. The lowest BCUT2D eigenvalue weighted by atomic mass is 10.1. The first-order chi connectivity index (χ1) is 12.2. The lowest BCUT2D eigenvalue weighted by molar-refractivity contribution is 0.584. The van der Waals surface area contributed by atoms with Gasteiger partial charge in [0.25, 0.3) is 10.0 Å². The monoisotopic (exact) mass is 388 g/mol. The highest BCUT2D eigenvalue weighted by Crippen LogP contribution is 2.14. The minimum atomic E-state index is -3.62. The molecule has 2 rings (SSSR count). The number of hydrazone groups is 1. The quantitative estimate of drug-likeness (QED) is 0.410. The molecule has 0 saturated carbocycles. The van der Waals surface area contributed by atoms with Crippen molar-refractivity contribution >= 4 is 23.4 Å². The predicted molar refractivity (Wildman–Crippen MR) is 112 cm³/mol. The molecule has 0 radical (unpaired) electrons. The highest BCUT2D eigenvalue weighted by molar-refractivity contribution is 7.89. The molecule has 0 aliphatic heterocycles. The van der Waals surface area contributed by atoms with Crippen LogP contribution >= 0.6 is 0 Å². The van der Waals surface area contributed by atoms with Gasteiger partial charge in [0.05, 0.1) is 13.0 Å². The van der Waals surface area contributed by atoms with Crippen LogP contribution in [-0.2, 0) is 16.4 Å². The van der Waals surface area contributed by atoms with Crippen LogP contribution in [0.2, 0.25) is 19.6 Å². The molecule has 2 aromatic rings. The molecular weight excluding hydrogens is 360 g/mol. The van der Waals surface area contributed by atoms with Gasteiger partial charge < -0.3 is 0 Å². The maximum Gasteiger partial charge on any atom is 0.276 e. The van der Waals surface area contributed by atoms with E-state index in [9.17, 15) is 8.42 Å². The second kappa shape index (κ2) is 8.64. The lowest BCUT2D eigenvalue weighted by Gasteiger charge is -2.19. The van der Waals surface area contributed by atoms with Gasteiger partial charge in [-0.05, 0) is 43.9 Å².